The highest BCUT2D eigenvalue weighted by molar-refractivity contribution is 5.94. The Hall–Kier alpha value is -1.10. The summed E-state index contributed by atoms with van der Waals surface area (Å²) in [7, 11) is 0. The highest BCUT2D eigenvalue weighted by Crippen LogP contribution is 2.26. The van der Waals surface area contributed by atoms with E-state index in [1.807, 2.05) is 0 Å². The summed E-state index contributed by atoms with van der Waals surface area (Å²) >= 11 is 0. The average molecular weight is 244 g/mol. The van der Waals surface area contributed by atoms with Crippen molar-refractivity contribution in [1.29, 1.82) is 0 Å². The number of carbonyl (C=O) groups is 2. The molecular weight excluding hydrogens is 224 g/mol. The van der Waals surface area contributed by atoms with Crippen LogP contribution in [0.15, 0.2) is 0 Å². The maximum absolute atomic E-state index is 11.9. The number of aliphatic carboxylic acids is 1. The molecule has 0 aromatic heterocycles. The first-order chi connectivity index (χ1) is 7.81. The minimum Gasteiger partial charge on any atom is -0.481 e. The molecule has 0 amide bonds. The van der Waals surface area contributed by atoms with E-state index in [0.717, 1.165) is 0 Å². The molecule has 1 fully saturated rings. The van der Waals surface area contributed by atoms with Gasteiger partial charge in [-0.3, -0.25) is 9.59 Å². The van der Waals surface area contributed by atoms with Crippen molar-refractivity contribution in [3.63, 3.8) is 0 Å². The maximum atomic E-state index is 11.9. The zero-order chi connectivity index (χ0) is 13.1. The molecule has 0 radical (unpaired) electrons. The van der Waals surface area contributed by atoms with Gasteiger partial charge in [0.1, 0.15) is 5.60 Å². The second-order valence-electron chi connectivity index (χ2n) is 5.30. The summed E-state index contributed by atoms with van der Waals surface area (Å²) in [5.41, 5.74) is -0.657. The quantitative estimate of drug-likeness (QED) is 0.601. The standard InChI is InChI=1S/C12H20O5/c1-12(2,3)17-11(15)9(10(13)14)8-4-6-16-7-5-8/h8-9H,4-7H2,1-3H3,(H,13,14). The molecule has 0 aromatic rings. The van der Waals surface area contributed by atoms with Crippen molar-refractivity contribution >= 4 is 11.9 Å². The zero-order valence-electron chi connectivity index (χ0n) is 10.6. The van der Waals surface area contributed by atoms with Gasteiger partial charge in [0, 0.05) is 13.2 Å². The van der Waals surface area contributed by atoms with Gasteiger partial charge >= 0.3 is 11.9 Å². The molecule has 1 N–H and O–H groups in total. The molecule has 1 aliphatic rings. The Bertz CT molecular complexity index is 286. The van der Waals surface area contributed by atoms with Crippen LogP contribution >= 0.6 is 0 Å². The largest absolute Gasteiger partial charge is 0.481 e. The minimum atomic E-state index is -1.11. The molecule has 1 atom stereocenters. The Morgan fingerprint density at radius 3 is 2.24 bits per heavy atom. The second-order valence-corrected chi connectivity index (χ2v) is 5.30. The predicted molar refractivity (Wildman–Crippen MR) is 60.5 cm³/mol. The van der Waals surface area contributed by atoms with E-state index in [1.54, 1.807) is 20.8 Å². The summed E-state index contributed by atoms with van der Waals surface area (Å²) in [5, 5.41) is 9.15. The van der Waals surface area contributed by atoms with Crippen molar-refractivity contribution in [1.82, 2.24) is 0 Å². The smallest absolute Gasteiger partial charge is 0.321 e. The van der Waals surface area contributed by atoms with Crippen LogP contribution in [0.25, 0.3) is 0 Å². The van der Waals surface area contributed by atoms with Crippen LogP contribution < -0.4 is 0 Å². The Morgan fingerprint density at radius 2 is 1.82 bits per heavy atom. The van der Waals surface area contributed by atoms with Crippen molar-refractivity contribution in [3.8, 4) is 0 Å². The van der Waals surface area contributed by atoms with E-state index in [1.165, 1.54) is 0 Å². The van der Waals surface area contributed by atoms with Gasteiger partial charge in [-0.25, -0.2) is 0 Å². The summed E-state index contributed by atoms with van der Waals surface area (Å²) in [6.07, 6.45) is 1.19. The third kappa shape index (κ3) is 4.34. The zero-order valence-corrected chi connectivity index (χ0v) is 10.6. The third-order valence-corrected chi connectivity index (χ3v) is 2.66. The Balaban J connectivity index is 2.71. The van der Waals surface area contributed by atoms with Gasteiger partial charge in [0.2, 0.25) is 0 Å². The van der Waals surface area contributed by atoms with E-state index < -0.39 is 23.5 Å². The number of hydrogen-bond donors (Lipinski definition) is 1. The minimum absolute atomic E-state index is 0.184. The van der Waals surface area contributed by atoms with E-state index in [2.05, 4.69) is 0 Å². The van der Waals surface area contributed by atoms with Crippen LogP contribution in [0.5, 0.6) is 0 Å². The second kappa shape index (κ2) is 5.49. The van der Waals surface area contributed by atoms with Gasteiger partial charge in [-0.2, -0.15) is 0 Å². The summed E-state index contributed by atoms with van der Waals surface area (Å²) in [4.78, 5) is 23.0. The highest BCUT2D eigenvalue weighted by atomic mass is 16.6. The molecule has 1 saturated heterocycles. The summed E-state index contributed by atoms with van der Waals surface area (Å²) in [6, 6.07) is 0. The first kappa shape index (κ1) is 14.0. The number of carboxylic acid groups (broad SMARTS) is 1. The number of esters is 1. The average Bonchev–Trinajstić information content (AvgIpc) is 2.15. The lowest BCUT2D eigenvalue weighted by molar-refractivity contribution is -0.171. The predicted octanol–water partition coefficient (Wildman–Crippen LogP) is 1.46. The van der Waals surface area contributed by atoms with Crippen LogP contribution in [0.3, 0.4) is 0 Å². The van der Waals surface area contributed by atoms with E-state index in [4.69, 9.17) is 14.6 Å². The van der Waals surface area contributed by atoms with Gasteiger partial charge in [-0.1, -0.05) is 0 Å². The first-order valence-corrected chi connectivity index (χ1v) is 5.84. The number of rotatable bonds is 3. The van der Waals surface area contributed by atoms with Gasteiger partial charge < -0.3 is 14.6 Å². The van der Waals surface area contributed by atoms with Gasteiger partial charge in [0.15, 0.2) is 5.92 Å². The molecule has 1 unspecified atom stereocenters. The lowest BCUT2D eigenvalue weighted by Gasteiger charge is -2.29. The lowest BCUT2D eigenvalue weighted by Crippen LogP contribution is -2.39. The van der Waals surface area contributed by atoms with Gasteiger partial charge in [0.05, 0.1) is 0 Å². The fourth-order valence-corrected chi connectivity index (χ4v) is 1.91. The third-order valence-electron chi connectivity index (χ3n) is 2.66. The number of hydrogen-bond acceptors (Lipinski definition) is 4. The van der Waals surface area contributed by atoms with Crippen molar-refractivity contribution in [2.75, 3.05) is 13.2 Å². The molecule has 5 nitrogen and oxygen atoms in total. The fourth-order valence-electron chi connectivity index (χ4n) is 1.91. The lowest BCUT2D eigenvalue weighted by atomic mass is 9.86. The Morgan fingerprint density at radius 1 is 1.29 bits per heavy atom. The number of carbonyl (C=O) groups excluding carboxylic acids is 1. The van der Waals surface area contributed by atoms with Crippen LogP contribution in [-0.4, -0.2) is 35.9 Å². The normalized spacial score (nSPS) is 19.7. The van der Waals surface area contributed by atoms with E-state index in [0.29, 0.717) is 26.1 Å². The van der Waals surface area contributed by atoms with Gasteiger partial charge in [-0.15, -0.1) is 0 Å². The molecule has 0 spiro atoms. The highest BCUT2D eigenvalue weighted by Gasteiger charge is 2.38. The molecule has 17 heavy (non-hydrogen) atoms. The van der Waals surface area contributed by atoms with Crippen molar-refractivity contribution < 1.29 is 24.2 Å². The molecule has 98 valence electrons. The maximum Gasteiger partial charge on any atom is 0.321 e. The number of ether oxygens (including phenoxy) is 2. The molecular formula is C12H20O5. The van der Waals surface area contributed by atoms with Crippen molar-refractivity contribution in [2.45, 2.75) is 39.2 Å². The molecule has 1 rings (SSSR count). The Kier molecular flexibility index (Phi) is 4.51. The number of carboxylic acids is 1. The van der Waals surface area contributed by atoms with Crippen molar-refractivity contribution in [2.24, 2.45) is 11.8 Å². The fraction of sp³-hybridized carbons (Fsp3) is 0.833. The van der Waals surface area contributed by atoms with Crippen molar-refractivity contribution in [3.05, 3.63) is 0 Å². The van der Waals surface area contributed by atoms with Gasteiger partial charge in [0.25, 0.3) is 0 Å². The molecule has 0 saturated carbocycles. The molecule has 0 aliphatic carbocycles. The first-order valence-electron chi connectivity index (χ1n) is 5.84. The molecule has 5 heteroatoms. The van der Waals surface area contributed by atoms with Crippen LogP contribution in [0, 0.1) is 11.8 Å². The van der Waals surface area contributed by atoms with E-state index in [9.17, 15) is 9.59 Å². The van der Waals surface area contributed by atoms with Crippen LogP contribution in [0.1, 0.15) is 33.6 Å². The van der Waals surface area contributed by atoms with E-state index in [-0.39, 0.29) is 5.92 Å². The molecule has 0 aromatic carbocycles. The van der Waals surface area contributed by atoms with Crippen LogP contribution in [-0.2, 0) is 19.1 Å². The molecule has 1 aliphatic heterocycles. The van der Waals surface area contributed by atoms with Crippen LogP contribution in [0.2, 0.25) is 0 Å². The summed E-state index contributed by atoms with van der Waals surface area (Å²) < 4.78 is 10.3. The monoisotopic (exact) mass is 244 g/mol. The van der Waals surface area contributed by atoms with E-state index >= 15 is 0 Å². The van der Waals surface area contributed by atoms with Gasteiger partial charge in [-0.05, 0) is 39.5 Å². The SMILES string of the molecule is CC(C)(C)OC(=O)C(C(=O)O)C1CCOCC1. The topological polar surface area (TPSA) is 72.8 Å². The van der Waals surface area contributed by atoms with Crippen LogP contribution in [0.4, 0.5) is 0 Å². The Labute approximate surface area is 101 Å². The molecule has 1 heterocycles. The summed E-state index contributed by atoms with van der Waals surface area (Å²) in [5.74, 6) is -3.00. The summed E-state index contributed by atoms with van der Waals surface area (Å²) in [6.45, 7) is 6.21. The molecule has 0 bridgehead atoms.